The number of nitrogens with one attached hydrogen (secondary N) is 3. The molecule has 292 valence electrons. The van der Waals surface area contributed by atoms with E-state index in [1.54, 1.807) is 22.2 Å². The van der Waals surface area contributed by atoms with Crippen LogP contribution in [0, 0.1) is 5.92 Å². The van der Waals surface area contributed by atoms with E-state index in [9.17, 15) is 29.4 Å². The summed E-state index contributed by atoms with van der Waals surface area (Å²) in [6.45, 7) is 7.67. The van der Waals surface area contributed by atoms with Gasteiger partial charge in [-0.05, 0) is 67.7 Å². The highest BCUT2D eigenvalue weighted by Gasteiger charge is 2.43. The highest BCUT2D eigenvalue weighted by molar-refractivity contribution is 5.88. The predicted molar refractivity (Wildman–Crippen MR) is 204 cm³/mol. The maximum absolute atomic E-state index is 13.6. The lowest BCUT2D eigenvalue weighted by molar-refractivity contribution is -0.140. The van der Waals surface area contributed by atoms with Gasteiger partial charge in [-0.3, -0.25) is 14.5 Å². The average molecular weight is 755 g/mol. The third kappa shape index (κ3) is 8.21. The topological polar surface area (TPSA) is 197 Å². The number of aromatic nitrogens is 4. The average Bonchev–Trinajstić information content (AvgIpc) is 3.99. The normalized spacial score (nSPS) is 18.3. The van der Waals surface area contributed by atoms with Gasteiger partial charge >= 0.3 is 12.2 Å². The van der Waals surface area contributed by atoms with Crippen LogP contribution in [0.25, 0.3) is 33.6 Å². The minimum atomic E-state index is -1.51. The number of benzene rings is 2. The molecule has 2 aliphatic heterocycles. The lowest BCUT2D eigenvalue weighted by Crippen LogP contribution is -2.58. The summed E-state index contributed by atoms with van der Waals surface area (Å²) in [4.78, 5) is 71.4. The number of likely N-dealkylation sites (tertiary alicyclic amines) is 2. The van der Waals surface area contributed by atoms with Gasteiger partial charge < -0.3 is 40.0 Å². The molecule has 4 aromatic rings. The Hall–Kier alpha value is -5.70. The number of rotatable bonds is 11. The zero-order valence-corrected chi connectivity index (χ0v) is 32.1. The molecule has 2 saturated heterocycles. The van der Waals surface area contributed by atoms with Gasteiger partial charge in [-0.25, -0.2) is 19.6 Å². The Balaban J connectivity index is 1.12. The van der Waals surface area contributed by atoms with E-state index in [0.717, 1.165) is 57.8 Å². The van der Waals surface area contributed by atoms with Gasteiger partial charge in [0.1, 0.15) is 23.7 Å². The van der Waals surface area contributed by atoms with Gasteiger partial charge in [-0.15, -0.1) is 0 Å². The number of amides is 4. The van der Waals surface area contributed by atoms with Crippen LogP contribution >= 0.6 is 0 Å². The number of likely N-dealkylation sites (N-methyl/N-ethyl adjacent to an activating group) is 1. The maximum atomic E-state index is 13.6. The molecule has 0 aliphatic carbocycles. The summed E-state index contributed by atoms with van der Waals surface area (Å²) in [5.41, 5.74) is 4.03. The second-order valence-corrected chi connectivity index (χ2v) is 15.2. The third-order valence-corrected chi connectivity index (χ3v) is 10.6. The number of alkyl carbamates (subject to hydrolysis) is 1. The van der Waals surface area contributed by atoms with Crippen molar-refractivity contribution in [3.05, 3.63) is 72.6 Å². The molecule has 0 saturated carbocycles. The maximum Gasteiger partial charge on any atom is 0.407 e. The van der Waals surface area contributed by atoms with E-state index in [1.807, 2.05) is 62.4 Å². The lowest BCUT2D eigenvalue weighted by atomic mass is 9.97. The summed E-state index contributed by atoms with van der Waals surface area (Å²) in [6.07, 6.45) is 4.59. The summed E-state index contributed by atoms with van der Waals surface area (Å²) in [5.74, 6) is 0.527. The van der Waals surface area contributed by atoms with Gasteiger partial charge in [-0.2, -0.15) is 0 Å². The van der Waals surface area contributed by atoms with Crippen molar-refractivity contribution >= 4 is 24.0 Å². The molecule has 4 atom stereocenters. The van der Waals surface area contributed by atoms with Crippen molar-refractivity contribution in [3.8, 4) is 33.6 Å². The van der Waals surface area contributed by atoms with Gasteiger partial charge in [0.25, 0.3) is 0 Å². The fourth-order valence-corrected chi connectivity index (χ4v) is 7.69. The van der Waals surface area contributed by atoms with E-state index in [1.165, 1.54) is 28.0 Å². The van der Waals surface area contributed by atoms with E-state index in [2.05, 4.69) is 30.0 Å². The standard InChI is InChI=1S/C40H50N8O7/c1-23(2)32(46(5)39(52)53)36(49)47-19-7-9-30(47)34-41-21-28(43-34)26-15-11-24(12-16-26)25-13-17-27(18-14-25)29-22-42-35(44-29)31-10-8-20-48(31)37(50)33(40(3,4)54)45-38(51)55-6/h11-18,21-23,30-33,54H,7-10,19-20H2,1-6H3,(H,41,43)(H,42,44)(H,45,51)(H,52,53)/t30-,31?,32-,33+/m0/s1. The van der Waals surface area contributed by atoms with Gasteiger partial charge in [0.15, 0.2) is 0 Å². The minimum Gasteiger partial charge on any atom is -0.465 e. The number of aliphatic hydroxyl groups is 1. The van der Waals surface area contributed by atoms with Crippen LogP contribution < -0.4 is 5.32 Å². The zero-order valence-electron chi connectivity index (χ0n) is 32.1. The number of ether oxygens (including phenoxy) is 1. The molecule has 15 heteroatoms. The molecule has 5 N–H and O–H groups in total. The molecule has 2 fully saturated rings. The van der Waals surface area contributed by atoms with Crippen molar-refractivity contribution in [1.82, 2.24) is 40.0 Å². The molecule has 15 nitrogen and oxygen atoms in total. The molecular formula is C40H50N8O7. The van der Waals surface area contributed by atoms with Crippen molar-refractivity contribution in [2.45, 2.75) is 83.1 Å². The number of carboxylic acid groups (broad SMARTS) is 1. The van der Waals surface area contributed by atoms with Crippen molar-refractivity contribution in [2.24, 2.45) is 5.92 Å². The highest BCUT2D eigenvalue weighted by Crippen LogP contribution is 2.35. The fraction of sp³-hybridized carbons (Fsp3) is 0.450. The largest absolute Gasteiger partial charge is 0.465 e. The van der Waals surface area contributed by atoms with Gasteiger partial charge in [0.2, 0.25) is 11.8 Å². The van der Waals surface area contributed by atoms with Crippen LogP contribution in [0.2, 0.25) is 0 Å². The van der Waals surface area contributed by atoms with Crippen LogP contribution in [0.3, 0.4) is 0 Å². The molecule has 2 aliphatic rings. The van der Waals surface area contributed by atoms with E-state index < -0.39 is 35.8 Å². The molecule has 6 rings (SSSR count). The first-order valence-electron chi connectivity index (χ1n) is 18.6. The number of methoxy groups -OCH3 is 1. The van der Waals surface area contributed by atoms with Gasteiger partial charge in [0, 0.05) is 20.1 Å². The summed E-state index contributed by atoms with van der Waals surface area (Å²) < 4.78 is 4.68. The Labute approximate surface area is 320 Å². The first-order valence-corrected chi connectivity index (χ1v) is 18.6. The summed E-state index contributed by atoms with van der Waals surface area (Å²) in [5, 5.41) is 22.7. The second kappa shape index (κ2) is 16.0. The highest BCUT2D eigenvalue weighted by atomic mass is 16.5. The van der Waals surface area contributed by atoms with Crippen LogP contribution in [0.5, 0.6) is 0 Å². The van der Waals surface area contributed by atoms with Crippen LogP contribution in [-0.4, -0.2) is 114 Å². The smallest absolute Gasteiger partial charge is 0.407 e. The Kier molecular flexibility index (Phi) is 11.3. The molecule has 0 bridgehead atoms. The van der Waals surface area contributed by atoms with Crippen molar-refractivity contribution in [2.75, 3.05) is 27.2 Å². The number of carbonyl (C=O) groups is 4. The van der Waals surface area contributed by atoms with Gasteiger partial charge in [-0.1, -0.05) is 62.4 Å². The first-order chi connectivity index (χ1) is 26.2. The monoisotopic (exact) mass is 754 g/mol. The molecule has 2 aromatic carbocycles. The summed E-state index contributed by atoms with van der Waals surface area (Å²) in [7, 11) is 2.65. The van der Waals surface area contributed by atoms with E-state index in [4.69, 9.17) is 0 Å². The van der Waals surface area contributed by atoms with E-state index >= 15 is 0 Å². The second-order valence-electron chi connectivity index (χ2n) is 15.2. The van der Waals surface area contributed by atoms with Crippen LogP contribution in [0.15, 0.2) is 60.9 Å². The Morgan fingerprint density at radius 2 is 1.25 bits per heavy atom. The number of nitrogens with zero attached hydrogens (tertiary/aromatic N) is 5. The van der Waals surface area contributed by atoms with E-state index in [-0.39, 0.29) is 23.9 Å². The number of hydrogen-bond acceptors (Lipinski definition) is 8. The van der Waals surface area contributed by atoms with Crippen molar-refractivity contribution in [1.29, 1.82) is 0 Å². The number of H-pyrrole nitrogens is 2. The molecular weight excluding hydrogens is 704 g/mol. The molecule has 4 amide bonds. The lowest BCUT2D eigenvalue weighted by Gasteiger charge is -2.34. The van der Waals surface area contributed by atoms with Crippen LogP contribution in [0.4, 0.5) is 9.59 Å². The first kappa shape index (κ1) is 39.0. The van der Waals surface area contributed by atoms with Crippen molar-refractivity contribution in [3.63, 3.8) is 0 Å². The number of hydrogen-bond donors (Lipinski definition) is 5. The van der Waals surface area contributed by atoms with Crippen LogP contribution in [0.1, 0.15) is 77.1 Å². The van der Waals surface area contributed by atoms with Crippen LogP contribution in [-0.2, 0) is 14.3 Å². The Bertz CT molecular complexity index is 2000. The van der Waals surface area contributed by atoms with E-state index in [0.29, 0.717) is 31.2 Å². The summed E-state index contributed by atoms with van der Waals surface area (Å²) in [6, 6.07) is 13.7. The molecule has 0 radical (unpaired) electrons. The Morgan fingerprint density at radius 1 is 0.818 bits per heavy atom. The molecule has 4 heterocycles. The number of imidazole rings is 2. The number of aromatic amines is 2. The number of carbonyl (C=O) groups excluding carboxylic acids is 3. The quantitative estimate of drug-likeness (QED) is 0.130. The van der Waals surface area contributed by atoms with Crippen molar-refractivity contribution < 1.29 is 34.1 Å². The molecule has 2 aromatic heterocycles. The van der Waals surface area contributed by atoms with Gasteiger partial charge in [0.05, 0.1) is 48.6 Å². The molecule has 0 spiro atoms. The molecule has 55 heavy (non-hydrogen) atoms. The SMILES string of the molecule is COC(=O)N[C@H](C(=O)N1CCCC1c1ncc(-c2ccc(-c3ccc(-c4cnc([C@@H]5CCCN5C(=O)[C@H](C(C)C)N(C)C(=O)O)[nH]4)cc3)cc2)[nH]1)C(C)(C)O. The minimum absolute atomic E-state index is 0.179. The zero-order chi connectivity index (χ0) is 39.6. The fourth-order valence-electron chi connectivity index (χ4n) is 7.69. The third-order valence-electron chi connectivity index (χ3n) is 10.6. The predicted octanol–water partition coefficient (Wildman–Crippen LogP) is 5.59. The molecule has 1 unspecified atom stereocenters. The Morgan fingerprint density at radius 3 is 1.65 bits per heavy atom. The summed E-state index contributed by atoms with van der Waals surface area (Å²) >= 11 is 0.